The third kappa shape index (κ3) is 6.26. The molecule has 0 spiro atoms. The van der Waals surface area contributed by atoms with E-state index in [2.05, 4.69) is 15.0 Å². The lowest BCUT2D eigenvalue weighted by Gasteiger charge is -2.39. The molecule has 1 unspecified atom stereocenters. The monoisotopic (exact) mass is 557 g/mol. The maximum absolute atomic E-state index is 15.6. The van der Waals surface area contributed by atoms with Gasteiger partial charge in [-0.3, -0.25) is 9.69 Å². The smallest absolute Gasteiger partial charge is 0.410 e. The van der Waals surface area contributed by atoms with Gasteiger partial charge in [0.1, 0.15) is 23.0 Å². The van der Waals surface area contributed by atoms with Gasteiger partial charge in [-0.25, -0.2) is 24.1 Å². The molecule has 4 aromatic rings. The predicted molar refractivity (Wildman–Crippen MR) is 153 cm³/mol. The van der Waals surface area contributed by atoms with Crippen LogP contribution in [0.3, 0.4) is 0 Å². The number of likely N-dealkylation sites (tertiary alicyclic amines) is 1. The second kappa shape index (κ2) is 11.5. The van der Waals surface area contributed by atoms with Crippen LogP contribution >= 0.6 is 0 Å². The zero-order chi connectivity index (χ0) is 29.1. The molecule has 0 aliphatic carbocycles. The molecule has 0 N–H and O–H groups in total. The summed E-state index contributed by atoms with van der Waals surface area (Å²) in [7, 11) is 0. The second-order valence-corrected chi connectivity index (χ2v) is 11.0. The zero-order valence-electron chi connectivity index (χ0n) is 23.5. The Morgan fingerprint density at radius 3 is 2.54 bits per heavy atom. The number of aromatic nitrogens is 3. The molecule has 1 fully saturated rings. The molecule has 2 aromatic heterocycles. The van der Waals surface area contributed by atoms with Crippen LogP contribution in [0.1, 0.15) is 49.5 Å². The molecule has 1 atom stereocenters. The molecule has 0 bridgehead atoms. The van der Waals surface area contributed by atoms with E-state index in [-0.39, 0.29) is 23.9 Å². The van der Waals surface area contributed by atoms with Crippen LogP contribution in [0.15, 0.2) is 67.1 Å². The van der Waals surface area contributed by atoms with Crippen molar-refractivity contribution in [2.45, 2.75) is 52.2 Å². The SMILES string of the molecule is Cc1cccc2ccnc(N(C(=O)c3ccc(Oc4ncccn4)cc3F)C3CCCN(C(=O)OC(C)(C)C)C3)c12. The number of rotatable bonds is 5. The minimum Gasteiger partial charge on any atom is -0.444 e. The number of nitrogens with zero attached hydrogens (tertiary/aromatic N) is 5. The molecular weight excluding hydrogens is 525 g/mol. The van der Waals surface area contributed by atoms with Gasteiger partial charge in [-0.15, -0.1) is 0 Å². The molecule has 3 heterocycles. The number of amides is 2. The van der Waals surface area contributed by atoms with E-state index in [0.29, 0.717) is 25.2 Å². The Kier molecular flexibility index (Phi) is 7.83. The Bertz CT molecular complexity index is 1570. The summed E-state index contributed by atoms with van der Waals surface area (Å²) in [4.78, 5) is 43.0. The van der Waals surface area contributed by atoms with Crippen molar-refractivity contribution < 1.29 is 23.5 Å². The highest BCUT2D eigenvalue weighted by Crippen LogP contribution is 2.33. The normalized spacial score (nSPS) is 15.4. The Labute approximate surface area is 237 Å². The second-order valence-electron chi connectivity index (χ2n) is 11.0. The summed E-state index contributed by atoms with van der Waals surface area (Å²) in [5.41, 5.74) is 0.120. The number of piperidine rings is 1. The maximum Gasteiger partial charge on any atom is 0.410 e. The lowest BCUT2D eigenvalue weighted by Crippen LogP contribution is -2.53. The minimum atomic E-state index is -0.759. The quantitative estimate of drug-likeness (QED) is 0.284. The van der Waals surface area contributed by atoms with Gasteiger partial charge in [-0.1, -0.05) is 18.2 Å². The summed E-state index contributed by atoms with van der Waals surface area (Å²) >= 11 is 0. The van der Waals surface area contributed by atoms with Crippen LogP contribution < -0.4 is 9.64 Å². The molecule has 1 aliphatic rings. The first-order chi connectivity index (χ1) is 19.6. The molecule has 0 radical (unpaired) electrons. The van der Waals surface area contributed by atoms with E-state index in [9.17, 15) is 9.59 Å². The predicted octanol–water partition coefficient (Wildman–Crippen LogP) is 6.31. The number of fused-ring (bicyclic) bond motifs is 1. The third-order valence-corrected chi connectivity index (χ3v) is 6.76. The van der Waals surface area contributed by atoms with Crippen LogP contribution in [0.2, 0.25) is 0 Å². The van der Waals surface area contributed by atoms with E-state index < -0.39 is 29.5 Å². The van der Waals surface area contributed by atoms with E-state index in [1.165, 1.54) is 29.4 Å². The zero-order valence-corrected chi connectivity index (χ0v) is 23.5. The first-order valence-corrected chi connectivity index (χ1v) is 13.5. The summed E-state index contributed by atoms with van der Waals surface area (Å²) in [5.74, 6) is -0.752. The van der Waals surface area contributed by atoms with Crippen LogP contribution in [0, 0.1) is 12.7 Å². The number of ether oxygens (including phenoxy) is 2. The third-order valence-electron chi connectivity index (χ3n) is 6.76. The molecule has 2 amide bonds. The van der Waals surface area contributed by atoms with E-state index in [0.717, 1.165) is 22.4 Å². The van der Waals surface area contributed by atoms with Gasteiger partial charge in [-0.2, -0.15) is 0 Å². The molecule has 0 saturated carbocycles. The van der Waals surface area contributed by atoms with Gasteiger partial charge in [-0.05, 0) is 75.8 Å². The van der Waals surface area contributed by atoms with Crippen molar-refractivity contribution in [3.05, 3.63) is 84.1 Å². The van der Waals surface area contributed by atoms with Gasteiger partial charge < -0.3 is 14.4 Å². The summed E-state index contributed by atoms with van der Waals surface area (Å²) in [6, 6.07) is 13.0. The number of pyridine rings is 1. The first kappa shape index (κ1) is 27.9. The van der Waals surface area contributed by atoms with E-state index in [1.807, 2.05) is 52.0 Å². The highest BCUT2D eigenvalue weighted by atomic mass is 19.1. The molecule has 1 aliphatic heterocycles. The van der Waals surface area contributed by atoms with Gasteiger partial charge in [0.05, 0.1) is 11.6 Å². The van der Waals surface area contributed by atoms with Gasteiger partial charge in [0, 0.05) is 43.1 Å². The van der Waals surface area contributed by atoms with Crippen LogP contribution in [0.4, 0.5) is 15.0 Å². The molecule has 212 valence electrons. The van der Waals surface area contributed by atoms with Crippen molar-refractivity contribution >= 4 is 28.6 Å². The standard InChI is InChI=1S/C31H32FN5O4/c1-20-8-5-9-21-13-16-33-27(26(20)21)37(22-10-6-17-36(19-22)30(39)41-31(2,3)4)28(38)24-12-11-23(18-25(24)32)40-29-34-14-7-15-35-29/h5,7-9,11-16,18,22H,6,10,17,19H2,1-4H3. The van der Waals surface area contributed by atoms with Crippen molar-refractivity contribution in [3.63, 3.8) is 0 Å². The Hall–Kier alpha value is -4.60. The topological polar surface area (TPSA) is 97.8 Å². The van der Waals surface area contributed by atoms with Crippen LogP contribution in [-0.2, 0) is 4.74 Å². The van der Waals surface area contributed by atoms with Crippen LogP contribution in [0.25, 0.3) is 10.8 Å². The molecular formula is C31H32FN5O4. The van der Waals surface area contributed by atoms with E-state index in [1.54, 1.807) is 17.2 Å². The van der Waals surface area contributed by atoms with Crippen molar-refractivity contribution in [2.24, 2.45) is 0 Å². The van der Waals surface area contributed by atoms with Gasteiger partial charge in [0.15, 0.2) is 0 Å². The number of carbonyl (C=O) groups is 2. The number of carbonyl (C=O) groups excluding carboxylic acids is 2. The van der Waals surface area contributed by atoms with E-state index >= 15 is 4.39 Å². The van der Waals surface area contributed by atoms with Crippen molar-refractivity contribution in [1.82, 2.24) is 19.9 Å². The van der Waals surface area contributed by atoms with Crippen molar-refractivity contribution in [3.8, 4) is 11.8 Å². The number of benzene rings is 2. The Balaban J connectivity index is 1.53. The van der Waals surface area contributed by atoms with Gasteiger partial charge in [0.25, 0.3) is 5.91 Å². The average Bonchev–Trinajstić information content (AvgIpc) is 2.93. The fourth-order valence-electron chi connectivity index (χ4n) is 4.97. The fourth-order valence-corrected chi connectivity index (χ4v) is 4.97. The number of anilines is 1. The van der Waals surface area contributed by atoms with Crippen molar-refractivity contribution in [1.29, 1.82) is 0 Å². The number of halogens is 1. The summed E-state index contributed by atoms with van der Waals surface area (Å²) in [5, 5.41) is 1.69. The summed E-state index contributed by atoms with van der Waals surface area (Å²) < 4.78 is 26.7. The number of aryl methyl sites for hydroxylation is 1. The molecule has 10 heteroatoms. The maximum atomic E-state index is 15.6. The van der Waals surface area contributed by atoms with Crippen LogP contribution in [0.5, 0.6) is 11.8 Å². The lowest BCUT2D eigenvalue weighted by molar-refractivity contribution is 0.0196. The minimum absolute atomic E-state index is 0.0625. The summed E-state index contributed by atoms with van der Waals surface area (Å²) in [6.45, 7) is 8.10. The average molecular weight is 558 g/mol. The first-order valence-electron chi connectivity index (χ1n) is 13.5. The van der Waals surface area contributed by atoms with E-state index in [4.69, 9.17) is 9.47 Å². The Morgan fingerprint density at radius 1 is 1.02 bits per heavy atom. The molecule has 5 rings (SSSR count). The molecule has 41 heavy (non-hydrogen) atoms. The molecule has 2 aromatic carbocycles. The fraction of sp³-hybridized carbons (Fsp3) is 0.323. The van der Waals surface area contributed by atoms with Gasteiger partial charge in [0.2, 0.25) is 0 Å². The largest absolute Gasteiger partial charge is 0.444 e. The van der Waals surface area contributed by atoms with Gasteiger partial charge >= 0.3 is 12.1 Å². The number of hydrogen-bond acceptors (Lipinski definition) is 7. The molecule has 9 nitrogen and oxygen atoms in total. The highest BCUT2D eigenvalue weighted by Gasteiger charge is 2.36. The number of hydrogen-bond donors (Lipinski definition) is 0. The van der Waals surface area contributed by atoms with Crippen LogP contribution in [-0.4, -0.2) is 56.6 Å². The summed E-state index contributed by atoms with van der Waals surface area (Å²) in [6.07, 6.45) is 5.45. The Morgan fingerprint density at radius 2 is 1.80 bits per heavy atom. The molecule has 1 saturated heterocycles. The van der Waals surface area contributed by atoms with Crippen molar-refractivity contribution in [2.75, 3.05) is 18.0 Å². The lowest BCUT2D eigenvalue weighted by atomic mass is 10.00. The highest BCUT2D eigenvalue weighted by molar-refractivity contribution is 6.11.